The third-order valence-electron chi connectivity index (χ3n) is 2.15. The highest BCUT2D eigenvalue weighted by atomic mass is 32.2. The monoisotopic (exact) mass is 226 g/mol. The van der Waals surface area contributed by atoms with Crippen LogP contribution in [0.2, 0.25) is 0 Å². The molecule has 78 valence electrons. The van der Waals surface area contributed by atoms with Crippen molar-refractivity contribution in [3.8, 4) is 6.07 Å². The summed E-state index contributed by atoms with van der Waals surface area (Å²) in [6, 6.07) is 4.37. The van der Waals surface area contributed by atoms with Crippen LogP contribution in [0.5, 0.6) is 0 Å². The Labute approximate surface area is 86.3 Å². The number of hydrogen-bond donors (Lipinski definition) is 1. The normalized spacial score (nSPS) is 22.3. The Balaban J connectivity index is 2.61. The van der Waals surface area contributed by atoms with Crippen LogP contribution < -0.4 is 5.32 Å². The molecule has 4 nitrogen and oxygen atoms in total. The van der Waals surface area contributed by atoms with Gasteiger partial charge in [0.1, 0.15) is 11.9 Å². The minimum Gasteiger partial charge on any atom is -0.368 e. The highest BCUT2D eigenvalue weighted by molar-refractivity contribution is 7.91. The largest absolute Gasteiger partial charge is 0.368 e. The Morgan fingerprint density at radius 1 is 1.53 bits per heavy atom. The molecule has 1 aliphatic heterocycles. The molecule has 0 radical (unpaired) electrons. The van der Waals surface area contributed by atoms with Crippen LogP contribution >= 0.6 is 0 Å². The molecule has 1 N–H and O–H groups in total. The number of rotatable bonds is 0. The second kappa shape index (κ2) is 3.21. The maximum absolute atomic E-state index is 12.9. The van der Waals surface area contributed by atoms with Gasteiger partial charge in [0, 0.05) is 0 Å². The van der Waals surface area contributed by atoms with Gasteiger partial charge in [-0.15, -0.1) is 0 Å². The van der Waals surface area contributed by atoms with Crippen molar-refractivity contribution in [3.63, 3.8) is 0 Å². The van der Waals surface area contributed by atoms with E-state index in [9.17, 15) is 12.8 Å². The van der Waals surface area contributed by atoms with Crippen LogP contribution in [0.4, 0.5) is 10.1 Å². The van der Waals surface area contributed by atoms with Crippen molar-refractivity contribution in [2.24, 2.45) is 0 Å². The van der Waals surface area contributed by atoms with Gasteiger partial charge >= 0.3 is 0 Å². The fraction of sp³-hybridized carbons (Fsp3) is 0.222. The standard InChI is InChI=1S/C9H7FN2O2S/c10-6-1-2-9-8(3-6)12-7(4-11)5-15(9,13)14/h1-3,7,12H,5H2. The summed E-state index contributed by atoms with van der Waals surface area (Å²) < 4.78 is 36.1. The summed E-state index contributed by atoms with van der Waals surface area (Å²) in [4.78, 5) is 0.0513. The van der Waals surface area contributed by atoms with E-state index in [2.05, 4.69) is 5.32 Å². The van der Waals surface area contributed by atoms with E-state index < -0.39 is 21.7 Å². The molecule has 0 bridgehead atoms. The molecule has 1 aromatic carbocycles. The zero-order valence-electron chi connectivity index (χ0n) is 7.57. The van der Waals surface area contributed by atoms with Gasteiger partial charge in [-0.2, -0.15) is 5.26 Å². The van der Waals surface area contributed by atoms with E-state index in [0.29, 0.717) is 0 Å². The van der Waals surface area contributed by atoms with Crippen LogP contribution in [0.3, 0.4) is 0 Å². The maximum atomic E-state index is 12.9. The van der Waals surface area contributed by atoms with Crippen LogP contribution in [-0.2, 0) is 9.84 Å². The lowest BCUT2D eigenvalue weighted by atomic mass is 10.2. The second-order valence-corrected chi connectivity index (χ2v) is 5.25. The highest BCUT2D eigenvalue weighted by Gasteiger charge is 2.29. The van der Waals surface area contributed by atoms with Crippen LogP contribution in [0.25, 0.3) is 0 Å². The predicted octanol–water partition coefficient (Wildman–Crippen LogP) is 0.917. The first-order valence-electron chi connectivity index (χ1n) is 4.21. The fourth-order valence-electron chi connectivity index (χ4n) is 1.49. The van der Waals surface area contributed by atoms with Crippen LogP contribution in [0.1, 0.15) is 0 Å². The lowest BCUT2D eigenvalue weighted by Crippen LogP contribution is -2.32. The highest BCUT2D eigenvalue weighted by Crippen LogP contribution is 2.28. The van der Waals surface area contributed by atoms with E-state index in [1.54, 1.807) is 0 Å². The Bertz CT molecular complexity index is 548. The Kier molecular flexibility index (Phi) is 2.12. The first-order chi connectivity index (χ1) is 7.03. The number of nitriles is 1. The van der Waals surface area contributed by atoms with Gasteiger partial charge < -0.3 is 5.32 Å². The van der Waals surface area contributed by atoms with Crippen LogP contribution in [-0.4, -0.2) is 20.2 Å². The molecule has 0 saturated carbocycles. The quantitative estimate of drug-likeness (QED) is 0.668. The van der Waals surface area contributed by atoms with Crippen molar-refractivity contribution in [3.05, 3.63) is 24.0 Å². The van der Waals surface area contributed by atoms with Crippen molar-refractivity contribution in [2.75, 3.05) is 11.1 Å². The van der Waals surface area contributed by atoms with Gasteiger partial charge in [-0.25, -0.2) is 12.8 Å². The molecule has 1 atom stereocenters. The molecule has 0 saturated heterocycles. The van der Waals surface area contributed by atoms with Gasteiger partial charge in [0.25, 0.3) is 0 Å². The number of sulfone groups is 1. The van der Waals surface area contributed by atoms with Gasteiger partial charge in [0.2, 0.25) is 0 Å². The third-order valence-corrected chi connectivity index (χ3v) is 3.95. The molecule has 0 fully saturated rings. The molecule has 1 aromatic rings. The molecule has 0 aromatic heterocycles. The molecular weight excluding hydrogens is 219 g/mol. The average Bonchev–Trinajstić information content (AvgIpc) is 2.15. The van der Waals surface area contributed by atoms with Crippen molar-refractivity contribution in [1.29, 1.82) is 5.26 Å². The Hall–Kier alpha value is -1.61. The zero-order chi connectivity index (χ0) is 11.1. The zero-order valence-corrected chi connectivity index (χ0v) is 8.38. The molecule has 6 heteroatoms. The Morgan fingerprint density at radius 3 is 2.93 bits per heavy atom. The summed E-state index contributed by atoms with van der Waals surface area (Å²) in [7, 11) is -3.47. The minimum absolute atomic E-state index is 0.0513. The van der Waals surface area contributed by atoms with Gasteiger partial charge in [0.05, 0.1) is 22.4 Å². The van der Waals surface area contributed by atoms with Crippen LogP contribution in [0, 0.1) is 17.1 Å². The summed E-state index contributed by atoms with van der Waals surface area (Å²) >= 11 is 0. The minimum atomic E-state index is -3.47. The summed E-state index contributed by atoms with van der Waals surface area (Å²) in [6.45, 7) is 0. The first-order valence-corrected chi connectivity index (χ1v) is 5.86. The van der Waals surface area contributed by atoms with E-state index in [0.717, 1.165) is 12.1 Å². The summed E-state index contributed by atoms with van der Waals surface area (Å²) in [5.41, 5.74) is 0.160. The van der Waals surface area contributed by atoms with Crippen molar-refractivity contribution < 1.29 is 12.8 Å². The average molecular weight is 226 g/mol. The summed E-state index contributed by atoms with van der Waals surface area (Å²) in [5.74, 6) is -0.808. The van der Waals surface area contributed by atoms with E-state index in [4.69, 9.17) is 5.26 Å². The number of halogens is 1. The number of benzene rings is 1. The Morgan fingerprint density at radius 2 is 2.27 bits per heavy atom. The van der Waals surface area contributed by atoms with Gasteiger partial charge in [-0.05, 0) is 18.2 Å². The number of fused-ring (bicyclic) bond motifs is 1. The predicted molar refractivity (Wildman–Crippen MR) is 51.5 cm³/mol. The number of hydrogen-bond acceptors (Lipinski definition) is 4. The summed E-state index contributed by atoms with van der Waals surface area (Å²) in [6.07, 6.45) is 0. The molecule has 0 amide bonds. The molecule has 15 heavy (non-hydrogen) atoms. The lowest BCUT2D eigenvalue weighted by molar-refractivity contribution is 0.590. The smallest absolute Gasteiger partial charge is 0.183 e. The third kappa shape index (κ3) is 1.66. The molecule has 2 rings (SSSR count). The van der Waals surface area contributed by atoms with E-state index in [1.165, 1.54) is 6.07 Å². The summed E-state index contributed by atoms with van der Waals surface area (Å²) in [5, 5.41) is 11.3. The van der Waals surface area contributed by atoms with Crippen molar-refractivity contribution >= 4 is 15.5 Å². The topological polar surface area (TPSA) is 70.0 Å². The van der Waals surface area contributed by atoms with Gasteiger partial charge in [-0.1, -0.05) is 0 Å². The molecule has 0 aliphatic carbocycles. The number of anilines is 1. The van der Waals surface area contributed by atoms with Gasteiger partial charge in [-0.3, -0.25) is 0 Å². The molecular formula is C9H7FN2O2S. The molecule has 1 heterocycles. The van der Waals surface area contributed by atoms with Crippen molar-refractivity contribution in [1.82, 2.24) is 0 Å². The van der Waals surface area contributed by atoms with E-state index in [-0.39, 0.29) is 16.3 Å². The molecule has 0 spiro atoms. The first kappa shape index (κ1) is 9.93. The van der Waals surface area contributed by atoms with Crippen molar-refractivity contribution in [2.45, 2.75) is 10.9 Å². The SMILES string of the molecule is N#CC1CS(=O)(=O)c2ccc(F)cc2N1. The van der Waals surface area contributed by atoms with E-state index >= 15 is 0 Å². The fourth-order valence-corrected chi connectivity index (χ4v) is 3.00. The lowest BCUT2D eigenvalue weighted by Gasteiger charge is -2.22. The maximum Gasteiger partial charge on any atom is 0.183 e. The second-order valence-electron chi connectivity index (χ2n) is 3.25. The number of nitrogens with zero attached hydrogens (tertiary/aromatic N) is 1. The molecule has 1 unspecified atom stereocenters. The van der Waals surface area contributed by atoms with Gasteiger partial charge in [0.15, 0.2) is 9.84 Å². The van der Waals surface area contributed by atoms with Crippen LogP contribution in [0.15, 0.2) is 23.1 Å². The van der Waals surface area contributed by atoms with E-state index in [1.807, 2.05) is 6.07 Å². The number of nitrogens with one attached hydrogen (secondary N) is 1. The molecule has 1 aliphatic rings.